The minimum Gasteiger partial charge on any atom is -0.380 e. The third-order valence-corrected chi connectivity index (χ3v) is 5.93. The number of nitrogens with one attached hydrogen (secondary N) is 1. The first-order valence-electron chi connectivity index (χ1n) is 11.3. The van der Waals surface area contributed by atoms with Crippen LogP contribution in [0.3, 0.4) is 0 Å². The number of aromatic nitrogens is 5. The van der Waals surface area contributed by atoms with E-state index in [0.29, 0.717) is 34.2 Å². The van der Waals surface area contributed by atoms with E-state index in [9.17, 15) is 14.7 Å². The Hall–Kier alpha value is -4.56. The average Bonchev–Trinajstić information content (AvgIpc) is 3.51. The van der Waals surface area contributed by atoms with E-state index in [4.69, 9.17) is 15.0 Å². The molecule has 0 saturated carbocycles. The van der Waals surface area contributed by atoms with Crippen LogP contribution in [0, 0.1) is 0 Å². The number of aliphatic hydroxyl groups is 1. The molecule has 5 rings (SSSR count). The van der Waals surface area contributed by atoms with E-state index in [0.717, 1.165) is 0 Å². The fourth-order valence-electron chi connectivity index (χ4n) is 3.89. The number of nitrogens with two attached hydrogens (primary N) is 1. The van der Waals surface area contributed by atoms with Gasteiger partial charge in [0, 0.05) is 50.4 Å². The van der Waals surface area contributed by atoms with Gasteiger partial charge in [-0.1, -0.05) is 5.16 Å². The molecule has 1 saturated heterocycles. The zero-order chi connectivity index (χ0) is 26.3. The number of anilines is 4. The van der Waals surface area contributed by atoms with E-state index >= 15 is 0 Å². The lowest BCUT2D eigenvalue weighted by Gasteiger charge is -2.37. The van der Waals surface area contributed by atoms with E-state index in [1.165, 1.54) is 22.6 Å². The van der Waals surface area contributed by atoms with Gasteiger partial charge in [0.15, 0.2) is 34.7 Å². The zero-order valence-corrected chi connectivity index (χ0v) is 20.3. The third kappa shape index (κ3) is 4.43. The largest absolute Gasteiger partial charge is 0.380 e. The number of hydrogen-bond donors (Lipinski definition) is 3. The molecule has 1 aromatic carbocycles. The van der Waals surface area contributed by atoms with Gasteiger partial charge in [-0.25, -0.2) is 9.67 Å². The number of morpholine rings is 1. The van der Waals surface area contributed by atoms with Crippen molar-refractivity contribution in [2.24, 2.45) is 0 Å². The fraction of sp³-hybridized carbons (Fsp3) is 0.304. The number of nitrogens with zero attached hydrogens (tertiary/aromatic N) is 7. The van der Waals surface area contributed by atoms with Crippen molar-refractivity contribution in [3.05, 3.63) is 42.7 Å². The normalized spacial score (nSPS) is 17.6. The highest BCUT2D eigenvalue weighted by atomic mass is 16.5. The summed E-state index contributed by atoms with van der Waals surface area (Å²) in [7, 11) is 3.65. The summed E-state index contributed by atoms with van der Waals surface area (Å²) >= 11 is 0. The summed E-state index contributed by atoms with van der Waals surface area (Å²) in [6.45, 7) is 1.51. The number of fused-ring (bicyclic) bond motifs is 1. The van der Waals surface area contributed by atoms with Gasteiger partial charge in [-0.3, -0.25) is 14.5 Å². The molecule has 0 radical (unpaired) electrons. The molecular formula is C23H25N9O5. The lowest BCUT2D eigenvalue weighted by molar-refractivity contribution is -0.165. The van der Waals surface area contributed by atoms with Gasteiger partial charge < -0.3 is 30.3 Å². The van der Waals surface area contributed by atoms with Crippen molar-refractivity contribution in [1.82, 2.24) is 24.9 Å². The van der Waals surface area contributed by atoms with E-state index in [1.807, 2.05) is 14.1 Å². The summed E-state index contributed by atoms with van der Waals surface area (Å²) < 4.78 is 12.2. The Morgan fingerprint density at radius 1 is 1.27 bits per heavy atom. The summed E-state index contributed by atoms with van der Waals surface area (Å²) in [6, 6.07) is 8.06. The van der Waals surface area contributed by atoms with Gasteiger partial charge in [0.2, 0.25) is 5.95 Å². The molecule has 14 nitrogen and oxygen atoms in total. The molecular weight excluding hydrogens is 482 g/mol. The summed E-state index contributed by atoms with van der Waals surface area (Å²) in [5.41, 5.74) is 4.22. The molecule has 2 amide bonds. The van der Waals surface area contributed by atoms with Gasteiger partial charge in [-0.05, 0) is 19.1 Å². The summed E-state index contributed by atoms with van der Waals surface area (Å²) in [5.74, 6) is 0.132. The second-order valence-electron chi connectivity index (χ2n) is 8.85. The lowest BCUT2D eigenvalue weighted by Crippen LogP contribution is -2.61. The Balaban J connectivity index is 1.33. The smallest absolute Gasteiger partial charge is 0.260 e. The second kappa shape index (κ2) is 9.15. The highest BCUT2D eigenvalue weighted by Gasteiger charge is 2.49. The average molecular weight is 508 g/mol. The van der Waals surface area contributed by atoms with Crippen molar-refractivity contribution >= 4 is 46.1 Å². The monoisotopic (exact) mass is 507 g/mol. The molecule has 0 unspecified atom stereocenters. The van der Waals surface area contributed by atoms with Crippen molar-refractivity contribution in [1.29, 1.82) is 0 Å². The van der Waals surface area contributed by atoms with Crippen LogP contribution >= 0.6 is 0 Å². The SMILES string of the molecule is CN(C)c1nccc(-n2ccc(N3CCO[C@H]([C@@](C)(O)C(=O)Nc4ccc5c(N)noc5c4)C3=O)n2)n1. The second-order valence-corrected chi connectivity index (χ2v) is 8.85. The minimum atomic E-state index is -2.19. The van der Waals surface area contributed by atoms with E-state index in [2.05, 4.69) is 25.5 Å². The van der Waals surface area contributed by atoms with E-state index < -0.39 is 23.5 Å². The van der Waals surface area contributed by atoms with Crippen LogP contribution in [0.4, 0.5) is 23.3 Å². The van der Waals surface area contributed by atoms with Gasteiger partial charge in [0.05, 0.1) is 18.5 Å². The molecule has 14 heteroatoms. The molecule has 0 spiro atoms. The van der Waals surface area contributed by atoms with E-state index in [-0.39, 0.29) is 19.0 Å². The van der Waals surface area contributed by atoms with Gasteiger partial charge in [-0.15, -0.1) is 5.10 Å². The van der Waals surface area contributed by atoms with Crippen LogP contribution < -0.4 is 20.9 Å². The molecule has 4 heterocycles. The maximum Gasteiger partial charge on any atom is 0.260 e. The highest BCUT2D eigenvalue weighted by molar-refractivity contribution is 6.06. The van der Waals surface area contributed by atoms with Crippen LogP contribution in [0.5, 0.6) is 0 Å². The molecule has 2 atom stereocenters. The molecule has 0 bridgehead atoms. The van der Waals surface area contributed by atoms with Crippen molar-refractivity contribution < 1.29 is 24.0 Å². The summed E-state index contributed by atoms with van der Waals surface area (Å²) in [6.07, 6.45) is 1.81. The first-order valence-corrected chi connectivity index (χ1v) is 11.3. The zero-order valence-electron chi connectivity index (χ0n) is 20.3. The number of amides is 2. The van der Waals surface area contributed by atoms with Crippen LogP contribution in [0.1, 0.15) is 6.92 Å². The first-order chi connectivity index (χ1) is 17.6. The van der Waals surface area contributed by atoms with Crippen LogP contribution in [-0.4, -0.2) is 80.8 Å². The van der Waals surface area contributed by atoms with Gasteiger partial charge >= 0.3 is 0 Å². The molecule has 0 aliphatic carbocycles. The maximum absolute atomic E-state index is 13.3. The lowest BCUT2D eigenvalue weighted by atomic mass is 9.95. The molecule has 1 fully saturated rings. The summed E-state index contributed by atoms with van der Waals surface area (Å²) in [4.78, 5) is 38.1. The molecule has 1 aliphatic heterocycles. The molecule has 4 aromatic rings. The predicted molar refractivity (Wildman–Crippen MR) is 133 cm³/mol. The van der Waals surface area contributed by atoms with Crippen molar-refractivity contribution in [3.8, 4) is 5.82 Å². The molecule has 3 aromatic heterocycles. The standard InChI is InChI=1S/C23H25N9O5/c1-23(35,21(34)26-13-4-5-14-15(12-13)37-29-19(14)24)18-20(33)31(10-11-36-18)17-7-9-32(28-17)16-6-8-25-22(27-16)30(2)3/h4-9,12,18,35H,10-11H2,1-3H3,(H2,24,29)(H,26,34)/t18-,23+/m0/s1. The summed E-state index contributed by atoms with van der Waals surface area (Å²) in [5, 5.41) is 22.4. The Labute approximate surface area is 210 Å². The van der Waals surface area contributed by atoms with Gasteiger partial charge in [-0.2, -0.15) is 4.98 Å². The number of ether oxygens (including phenoxy) is 1. The van der Waals surface area contributed by atoms with Gasteiger partial charge in [0.25, 0.3) is 11.8 Å². The van der Waals surface area contributed by atoms with E-state index in [1.54, 1.807) is 41.6 Å². The fourth-order valence-corrected chi connectivity index (χ4v) is 3.89. The molecule has 37 heavy (non-hydrogen) atoms. The number of rotatable bonds is 6. The number of benzene rings is 1. The van der Waals surface area contributed by atoms with Crippen LogP contribution in [-0.2, 0) is 14.3 Å². The number of nitrogen functional groups attached to an aromatic ring is 1. The Morgan fingerprint density at radius 2 is 2.08 bits per heavy atom. The quantitative estimate of drug-likeness (QED) is 0.332. The topological polar surface area (TPSA) is 178 Å². The Morgan fingerprint density at radius 3 is 2.86 bits per heavy atom. The van der Waals surface area contributed by atoms with Gasteiger partial charge in [0.1, 0.15) is 0 Å². The number of carbonyl (C=O) groups excluding carboxylic acids is 2. The first kappa shape index (κ1) is 24.1. The number of carbonyl (C=O) groups is 2. The Kier molecular flexibility index (Phi) is 5.97. The molecule has 1 aliphatic rings. The van der Waals surface area contributed by atoms with Crippen molar-refractivity contribution in [2.45, 2.75) is 18.6 Å². The molecule has 4 N–H and O–H groups in total. The molecule has 192 valence electrons. The van der Waals surface area contributed by atoms with Crippen molar-refractivity contribution in [3.63, 3.8) is 0 Å². The van der Waals surface area contributed by atoms with Crippen LogP contribution in [0.15, 0.2) is 47.2 Å². The highest BCUT2D eigenvalue weighted by Crippen LogP contribution is 2.27. The maximum atomic E-state index is 13.3. The Bertz CT molecular complexity index is 1480. The van der Waals surface area contributed by atoms with Crippen molar-refractivity contribution in [2.75, 3.05) is 48.1 Å². The third-order valence-electron chi connectivity index (χ3n) is 5.93. The van der Waals surface area contributed by atoms with Crippen LogP contribution in [0.2, 0.25) is 0 Å². The predicted octanol–water partition coefficient (Wildman–Crippen LogP) is 0.573. The number of hydrogen-bond acceptors (Lipinski definition) is 11. The van der Waals surface area contributed by atoms with Crippen LogP contribution in [0.25, 0.3) is 16.8 Å². The minimum absolute atomic E-state index is 0.0915.